The third-order valence-electron chi connectivity index (χ3n) is 2.28. The van der Waals surface area contributed by atoms with Gasteiger partial charge in [0.1, 0.15) is 5.69 Å². The number of methoxy groups -OCH3 is 1. The number of anilines is 1. The Balaban J connectivity index is 2.77. The Morgan fingerprint density at radius 1 is 1.62 bits per heavy atom. The van der Waals surface area contributed by atoms with Crippen molar-refractivity contribution in [3.05, 3.63) is 24.0 Å². The van der Waals surface area contributed by atoms with Crippen LogP contribution in [-0.2, 0) is 4.74 Å². The lowest BCUT2D eigenvalue weighted by atomic mass is 10.3. The number of nitrogens with zero attached hydrogens (tertiary/aromatic N) is 2. The van der Waals surface area contributed by atoms with Gasteiger partial charge in [-0.25, -0.2) is 9.78 Å². The van der Waals surface area contributed by atoms with Gasteiger partial charge in [0.25, 0.3) is 0 Å². The van der Waals surface area contributed by atoms with Gasteiger partial charge in [-0.2, -0.15) is 0 Å². The number of esters is 1. The van der Waals surface area contributed by atoms with Gasteiger partial charge in [-0.3, -0.25) is 0 Å². The number of hydrogen-bond acceptors (Lipinski definition) is 5. The molecule has 1 aromatic heterocycles. The van der Waals surface area contributed by atoms with Gasteiger partial charge in [0, 0.05) is 32.0 Å². The van der Waals surface area contributed by atoms with Gasteiger partial charge in [-0.15, -0.1) is 0 Å². The standard InChI is InChI=1S/C11H17N3O2/c1-12-6-7-14(2)9-4-5-13-10(8-9)11(15)16-3/h4-5,8,12H,6-7H2,1-3H3. The van der Waals surface area contributed by atoms with Gasteiger partial charge in [0.15, 0.2) is 0 Å². The lowest BCUT2D eigenvalue weighted by Crippen LogP contribution is -2.27. The average molecular weight is 223 g/mol. The molecule has 0 aliphatic rings. The van der Waals surface area contributed by atoms with Crippen molar-refractivity contribution in [2.45, 2.75) is 0 Å². The number of carbonyl (C=O) groups excluding carboxylic acids is 1. The van der Waals surface area contributed by atoms with E-state index in [2.05, 4.69) is 15.0 Å². The summed E-state index contributed by atoms with van der Waals surface area (Å²) in [6, 6.07) is 3.59. The second-order valence-electron chi connectivity index (χ2n) is 3.42. The molecule has 0 saturated carbocycles. The number of likely N-dealkylation sites (N-methyl/N-ethyl adjacent to an activating group) is 2. The summed E-state index contributed by atoms with van der Waals surface area (Å²) in [4.78, 5) is 17.3. The Morgan fingerprint density at radius 3 is 3.00 bits per heavy atom. The summed E-state index contributed by atoms with van der Waals surface area (Å²) >= 11 is 0. The molecule has 1 heterocycles. The lowest BCUT2D eigenvalue weighted by molar-refractivity contribution is 0.0594. The minimum Gasteiger partial charge on any atom is -0.464 e. The number of nitrogens with one attached hydrogen (secondary N) is 1. The summed E-state index contributed by atoms with van der Waals surface area (Å²) in [5, 5.41) is 3.07. The predicted molar refractivity (Wildman–Crippen MR) is 62.8 cm³/mol. The van der Waals surface area contributed by atoms with Crippen LogP contribution in [0.3, 0.4) is 0 Å². The van der Waals surface area contributed by atoms with Crippen molar-refractivity contribution in [2.24, 2.45) is 0 Å². The molecule has 5 nitrogen and oxygen atoms in total. The summed E-state index contributed by atoms with van der Waals surface area (Å²) in [7, 11) is 5.22. The van der Waals surface area contributed by atoms with E-state index >= 15 is 0 Å². The molecule has 0 saturated heterocycles. The van der Waals surface area contributed by atoms with Crippen LogP contribution in [-0.4, -0.2) is 45.2 Å². The minimum atomic E-state index is -0.413. The highest BCUT2D eigenvalue weighted by atomic mass is 16.5. The van der Waals surface area contributed by atoms with Crippen LogP contribution >= 0.6 is 0 Å². The van der Waals surface area contributed by atoms with Gasteiger partial charge in [-0.1, -0.05) is 0 Å². The molecular weight excluding hydrogens is 206 g/mol. The molecule has 0 aliphatic carbocycles. The van der Waals surface area contributed by atoms with Crippen molar-refractivity contribution in [1.29, 1.82) is 0 Å². The van der Waals surface area contributed by atoms with Gasteiger partial charge in [0.2, 0.25) is 0 Å². The minimum absolute atomic E-state index is 0.330. The normalized spacial score (nSPS) is 9.94. The van der Waals surface area contributed by atoms with Crippen LogP contribution in [0.25, 0.3) is 0 Å². The number of hydrogen-bond donors (Lipinski definition) is 1. The van der Waals surface area contributed by atoms with Gasteiger partial charge in [-0.05, 0) is 19.2 Å². The number of aromatic nitrogens is 1. The Morgan fingerprint density at radius 2 is 2.38 bits per heavy atom. The molecule has 0 aromatic carbocycles. The molecule has 0 radical (unpaired) electrons. The molecule has 0 amide bonds. The van der Waals surface area contributed by atoms with Gasteiger partial charge in [0.05, 0.1) is 7.11 Å². The van der Waals surface area contributed by atoms with E-state index in [1.54, 1.807) is 12.3 Å². The van der Waals surface area contributed by atoms with Gasteiger partial charge >= 0.3 is 5.97 Å². The summed E-state index contributed by atoms with van der Waals surface area (Å²) in [6.07, 6.45) is 1.61. The molecule has 0 unspecified atom stereocenters. The maximum Gasteiger partial charge on any atom is 0.356 e. The highest BCUT2D eigenvalue weighted by Crippen LogP contribution is 2.12. The lowest BCUT2D eigenvalue weighted by Gasteiger charge is -2.19. The number of rotatable bonds is 5. The van der Waals surface area contributed by atoms with Crippen LogP contribution in [0.5, 0.6) is 0 Å². The van der Waals surface area contributed by atoms with E-state index in [0.717, 1.165) is 18.8 Å². The van der Waals surface area contributed by atoms with Crippen LogP contribution in [0.4, 0.5) is 5.69 Å². The molecule has 0 atom stereocenters. The van der Waals surface area contributed by atoms with E-state index in [1.165, 1.54) is 7.11 Å². The summed E-state index contributed by atoms with van der Waals surface area (Å²) in [5.41, 5.74) is 1.28. The fourth-order valence-corrected chi connectivity index (χ4v) is 1.28. The fraction of sp³-hybridized carbons (Fsp3) is 0.455. The van der Waals surface area contributed by atoms with Crippen molar-refractivity contribution >= 4 is 11.7 Å². The SMILES string of the molecule is CNCCN(C)c1ccnc(C(=O)OC)c1. The first-order valence-corrected chi connectivity index (χ1v) is 5.09. The van der Waals surface area contributed by atoms with E-state index < -0.39 is 5.97 Å². The smallest absolute Gasteiger partial charge is 0.356 e. The summed E-state index contributed by atoms with van der Waals surface area (Å²) in [5.74, 6) is -0.413. The Labute approximate surface area is 95.4 Å². The molecule has 88 valence electrons. The highest BCUT2D eigenvalue weighted by Gasteiger charge is 2.09. The highest BCUT2D eigenvalue weighted by molar-refractivity contribution is 5.88. The zero-order chi connectivity index (χ0) is 12.0. The first-order chi connectivity index (χ1) is 7.69. The van der Waals surface area contributed by atoms with Crippen LogP contribution in [0.2, 0.25) is 0 Å². The second kappa shape index (κ2) is 6.07. The van der Waals surface area contributed by atoms with Crippen molar-refractivity contribution in [2.75, 3.05) is 39.2 Å². The molecule has 0 spiro atoms. The molecule has 0 bridgehead atoms. The first-order valence-electron chi connectivity index (χ1n) is 5.09. The average Bonchev–Trinajstić information content (AvgIpc) is 2.35. The zero-order valence-corrected chi connectivity index (χ0v) is 9.86. The summed E-state index contributed by atoms with van der Waals surface area (Å²) in [6.45, 7) is 1.74. The van der Waals surface area contributed by atoms with Crippen LogP contribution in [0, 0.1) is 0 Å². The topological polar surface area (TPSA) is 54.5 Å². The van der Waals surface area contributed by atoms with E-state index in [0.29, 0.717) is 5.69 Å². The van der Waals surface area contributed by atoms with E-state index in [4.69, 9.17) is 0 Å². The molecule has 5 heteroatoms. The maximum atomic E-state index is 11.3. The van der Waals surface area contributed by atoms with Crippen LogP contribution in [0.15, 0.2) is 18.3 Å². The first kappa shape index (κ1) is 12.4. The second-order valence-corrected chi connectivity index (χ2v) is 3.42. The predicted octanol–water partition coefficient (Wildman–Crippen LogP) is 0.524. The number of ether oxygens (including phenoxy) is 1. The van der Waals surface area contributed by atoms with Crippen molar-refractivity contribution in [3.63, 3.8) is 0 Å². The number of carbonyl (C=O) groups is 1. The quantitative estimate of drug-likeness (QED) is 0.738. The zero-order valence-electron chi connectivity index (χ0n) is 9.86. The fourth-order valence-electron chi connectivity index (χ4n) is 1.28. The monoisotopic (exact) mass is 223 g/mol. The maximum absolute atomic E-state index is 11.3. The molecule has 1 aromatic rings. The van der Waals surface area contributed by atoms with Gasteiger partial charge < -0.3 is 15.0 Å². The molecular formula is C11H17N3O2. The van der Waals surface area contributed by atoms with E-state index in [1.807, 2.05) is 25.1 Å². The Kier molecular flexibility index (Phi) is 4.72. The van der Waals surface area contributed by atoms with Crippen LogP contribution < -0.4 is 10.2 Å². The van der Waals surface area contributed by atoms with Crippen LogP contribution in [0.1, 0.15) is 10.5 Å². The number of pyridine rings is 1. The molecule has 1 N–H and O–H groups in total. The molecule has 16 heavy (non-hydrogen) atoms. The Hall–Kier alpha value is -1.62. The van der Waals surface area contributed by atoms with Crippen molar-refractivity contribution in [3.8, 4) is 0 Å². The van der Waals surface area contributed by atoms with E-state index in [-0.39, 0.29) is 0 Å². The third kappa shape index (κ3) is 3.20. The molecule has 0 fully saturated rings. The summed E-state index contributed by atoms with van der Waals surface area (Å²) < 4.78 is 4.62. The Bertz CT molecular complexity index is 355. The van der Waals surface area contributed by atoms with Crippen molar-refractivity contribution < 1.29 is 9.53 Å². The largest absolute Gasteiger partial charge is 0.464 e. The third-order valence-corrected chi connectivity index (χ3v) is 2.28. The van der Waals surface area contributed by atoms with E-state index in [9.17, 15) is 4.79 Å². The molecule has 1 rings (SSSR count). The molecule has 0 aliphatic heterocycles. The van der Waals surface area contributed by atoms with Crippen molar-refractivity contribution in [1.82, 2.24) is 10.3 Å².